The van der Waals surface area contributed by atoms with Crippen molar-refractivity contribution < 1.29 is 4.84 Å². The second-order valence-corrected chi connectivity index (χ2v) is 2.80. The van der Waals surface area contributed by atoms with E-state index in [0.717, 1.165) is 0 Å². The molecule has 0 bridgehead atoms. The fourth-order valence-electron chi connectivity index (χ4n) is 1.04. The van der Waals surface area contributed by atoms with Crippen LogP contribution < -0.4 is 5.48 Å². The van der Waals surface area contributed by atoms with Gasteiger partial charge in [-0.1, -0.05) is 29.8 Å². The lowest BCUT2D eigenvalue weighted by atomic mass is 10.1. The number of aryl methyl sites for hydroxylation is 1. The van der Waals surface area contributed by atoms with Crippen LogP contribution in [-0.4, -0.2) is 6.61 Å². The molecule has 0 radical (unpaired) electrons. The molecule has 0 saturated carbocycles. The van der Waals surface area contributed by atoms with Gasteiger partial charge in [-0.3, -0.25) is 10.3 Å². The lowest BCUT2D eigenvalue weighted by Gasteiger charge is -1.98. The molecule has 0 saturated heterocycles. The standard InChI is InChI=1S/C11H15NO/c1-3-13-12-8-7-11-6-4-5-10(2)9-11/h4-9,12H,3H2,1-2H3/b8-7+. The van der Waals surface area contributed by atoms with Gasteiger partial charge in [-0.25, -0.2) is 0 Å². The Bertz CT molecular complexity index is 281. The first-order valence-corrected chi connectivity index (χ1v) is 4.43. The third-order valence-electron chi connectivity index (χ3n) is 1.61. The minimum Gasteiger partial charge on any atom is -0.277 e. The van der Waals surface area contributed by atoms with Crippen LogP contribution >= 0.6 is 0 Å². The van der Waals surface area contributed by atoms with Crippen LogP contribution in [0.5, 0.6) is 0 Å². The highest BCUT2D eigenvalue weighted by atomic mass is 16.6. The summed E-state index contributed by atoms with van der Waals surface area (Å²) in [5, 5.41) is 0. The van der Waals surface area contributed by atoms with Crippen LogP contribution in [0, 0.1) is 6.92 Å². The Balaban J connectivity index is 2.48. The maximum Gasteiger partial charge on any atom is 0.0717 e. The minimum absolute atomic E-state index is 0.665. The normalized spacial score (nSPS) is 10.6. The maximum absolute atomic E-state index is 4.95. The van der Waals surface area contributed by atoms with Gasteiger partial charge in [0.1, 0.15) is 0 Å². The highest BCUT2D eigenvalue weighted by molar-refractivity contribution is 5.49. The lowest BCUT2D eigenvalue weighted by Crippen LogP contribution is -2.04. The molecular weight excluding hydrogens is 162 g/mol. The molecule has 0 aliphatic heterocycles. The fraction of sp³-hybridized carbons (Fsp3) is 0.273. The first-order valence-electron chi connectivity index (χ1n) is 4.43. The summed E-state index contributed by atoms with van der Waals surface area (Å²) < 4.78 is 0. The Morgan fingerprint density at radius 2 is 2.31 bits per heavy atom. The van der Waals surface area contributed by atoms with E-state index in [0.29, 0.717) is 6.61 Å². The molecule has 0 atom stereocenters. The average Bonchev–Trinajstić information content (AvgIpc) is 2.13. The SMILES string of the molecule is CCON/C=C/c1cccc(C)c1. The maximum atomic E-state index is 4.95. The van der Waals surface area contributed by atoms with Crippen LogP contribution in [0.3, 0.4) is 0 Å². The molecule has 0 aromatic heterocycles. The summed E-state index contributed by atoms with van der Waals surface area (Å²) in [5.41, 5.74) is 5.16. The van der Waals surface area contributed by atoms with E-state index in [2.05, 4.69) is 30.6 Å². The van der Waals surface area contributed by atoms with E-state index < -0.39 is 0 Å². The molecule has 0 amide bonds. The van der Waals surface area contributed by atoms with Crippen LogP contribution in [0.25, 0.3) is 6.08 Å². The van der Waals surface area contributed by atoms with E-state index in [1.807, 2.05) is 19.1 Å². The third-order valence-corrected chi connectivity index (χ3v) is 1.61. The predicted octanol–water partition coefficient (Wildman–Crippen LogP) is 2.51. The van der Waals surface area contributed by atoms with E-state index in [1.54, 1.807) is 6.20 Å². The van der Waals surface area contributed by atoms with E-state index in [1.165, 1.54) is 11.1 Å². The molecule has 70 valence electrons. The number of rotatable bonds is 4. The highest BCUT2D eigenvalue weighted by Gasteiger charge is 1.85. The number of hydrogen-bond donors (Lipinski definition) is 1. The molecule has 1 N–H and O–H groups in total. The zero-order chi connectivity index (χ0) is 9.52. The molecule has 2 nitrogen and oxygen atoms in total. The van der Waals surface area contributed by atoms with Crippen molar-refractivity contribution in [1.29, 1.82) is 0 Å². The lowest BCUT2D eigenvalue weighted by molar-refractivity contribution is 0.0831. The average molecular weight is 177 g/mol. The molecule has 0 unspecified atom stereocenters. The molecule has 13 heavy (non-hydrogen) atoms. The van der Waals surface area contributed by atoms with Gasteiger partial charge in [0.15, 0.2) is 0 Å². The van der Waals surface area contributed by atoms with Crippen molar-refractivity contribution in [2.75, 3.05) is 6.61 Å². The summed E-state index contributed by atoms with van der Waals surface area (Å²) in [4.78, 5) is 4.95. The van der Waals surface area contributed by atoms with Gasteiger partial charge in [0, 0.05) is 6.20 Å². The van der Waals surface area contributed by atoms with Gasteiger partial charge in [-0.15, -0.1) is 0 Å². The van der Waals surface area contributed by atoms with Gasteiger partial charge in [-0.05, 0) is 25.5 Å². The quantitative estimate of drug-likeness (QED) is 0.563. The Hall–Kier alpha value is -1.28. The van der Waals surface area contributed by atoms with Crippen molar-refractivity contribution in [3.05, 3.63) is 41.6 Å². The van der Waals surface area contributed by atoms with Crippen LogP contribution in [0.4, 0.5) is 0 Å². The summed E-state index contributed by atoms with van der Waals surface area (Å²) in [6.45, 7) is 4.68. The van der Waals surface area contributed by atoms with Gasteiger partial charge in [-0.2, -0.15) is 0 Å². The predicted molar refractivity (Wildman–Crippen MR) is 55.0 cm³/mol. The molecule has 0 heterocycles. The largest absolute Gasteiger partial charge is 0.277 e. The van der Waals surface area contributed by atoms with Crippen molar-refractivity contribution >= 4 is 6.08 Å². The summed E-state index contributed by atoms with van der Waals surface area (Å²) in [7, 11) is 0. The first-order chi connectivity index (χ1) is 6.33. The molecule has 0 fully saturated rings. The number of hydrogen-bond acceptors (Lipinski definition) is 2. The Morgan fingerprint density at radius 3 is 3.00 bits per heavy atom. The van der Waals surface area contributed by atoms with Crippen LogP contribution in [-0.2, 0) is 4.84 Å². The van der Waals surface area contributed by atoms with E-state index in [9.17, 15) is 0 Å². The van der Waals surface area contributed by atoms with E-state index in [-0.39, 0.29) is 0 Å². The monoisotopic (exact) mass is 177 g/mol. The Kier molecular flexibility index (Phi) is 4.06. The van der Waals surface area contributed by atoms with Crippen molar-refractivity contribution in [2.24, 2.45) is 0 Å². The minimum atomic E-state index is 0.665. The zero-order valence-electron chi connectivity index (χ0n) is 8.08. The molecule has 0 aliphatic rings. The molecule has 1 aromatic carbocycles. The van der Waals surface area contributed by atoms with Gasteiger partial charge in [0.05, 0.1) is 6.61 Å². The van der Waals surface area contributed by atoms with Crippen molar-refractivity contribution in [3.8, 4) is 0 Å². The van der Waals surface area contributed by atoms with Crippen molar-refractivity contribution in [3.63, 3.8) is 0 Å². The topological polar surface area (TPSA) is 21.3 Å². The van der Waals surface area contributed by atoms with Crippen LogP contribution in [0.1, 0.15) is 18.1 Å². The fourth-order valence-corrected chi connectivity index (χ4v) is 1.04. The molecule has 1 rings (SSSR count). The number of benzene rings is 1. The second-order valence-electron chi connectivity index (χ2n) is 2.80. The highest BCUT2D eigenvalue weighted by Crippen LogP contribution is 2.04. The first kappa shape index (κ1) is 9.81. The molecular formula is C11H15NO. The van der Waals surface area contributed by atoms with Gasteiger partial charge < -0.3 is 0 Å². The molecule has 0 spiro atoms. The van der Waals surface area contributed by atoms with Gasteiger partial charge in [0.25, 0.3) is 0 Å². The smallest absolute Gasteiger partial charge is 0.0717 e. The summed E-state index contributed by atoms with van der Waals surface area (Å²) in [6.07, 6.45) is 3.76. The number of hydroxylamine groups is 1. The van der Waals surface area contributed by atoms with Crippen LogP contribution in [0.2, 0.25) is 0 Å². The van der Waals surface area contributed by atoms with E-state index >= 15 is 0 Å². The molecule has 2 heteroatoms. The van der Waals surface area contributed by atoms with Crippen molar-refractivity contribution in [1.82, 2.24) is 5.48 Å². The van der Waals surface area contributed by atoms with Crippen LogP contribution in [0.15, 0.2) is 30.5 Å². The van der Waals surface area contributed by atoms with Gasteiger partial charge in [0.2, 0.25) is 0 Å². The third kappa shape index (κ3) is 3.76. The summed E-state index contributed by atoms with van der Waals surface area (Å²) in [6, 6.07) is 8.28. The summed E-state index contributed by atoms with van der Waals surface area (Å²) in [5.74, 6) is 0. The second kappa shape index (κ2) is 5.38. The summed E-state index contributed by atoms with van der Waals surface area (Å²) >= 11 is 0. The van der Waals surface area contributed by atoms with E-state index in [4.69, 9.17) is 4.84 Å². The Labute approximate surface area is 79.2 Å². The Morgan fingerprint density at radius 1 is 1.46 bits per heavy atom. The molecule has 1 aromatic rings. The molecule has 0 aliphatic carbocycles. The number of nitrogens with one attached hydrogen (secondary N) is 1. The van der Waals surface area contributed by atoms with Gasteiger partial charge >= 0.3 is 0 Å². The zero-order valence-corrected chi connectivity index (χ0v) is 8.08. The van der Waals surface area contributed by atoms with Crippen molar-refractivity contribution in [2.45, 2.75) is 13.8 Å².